The van der Waals surface area contributed by atoms with E-state index in [4.69, 9.17) is 28.7 Å². The highest BCUT2D eigenvalue weighted by Gasteiger charge is 2.50. The monoisotopic (exact) mass is 674 g/mol. The molecule has 0 bridgehead atoms. The van der Waals surface area contributed by atoms with Crippen LogP contribution in [0.4, 0.5) is 0 Å². The first-order valence-electron chi connectivity index (χ1n) is 17.3. The normalized spacial score (nSPS) is 45.5. The molecular weight excluding hydrogens is 608 g/mol. The van der Waals surface area contributed by atoms with Crippen molar-refractivity contribution in [3.63, 3.8) is 0 Å². The summed E-state index contributed by atoms with van der Waals surface area (Å²) in [6.07, 6.45) is -4.67. The zero-order chi connectivity index (χ0) is 36.1. The summed E-state index contributed by atoms with van der Waals surface area (Å²) in [7, 11) is 5.44. The summed E-state index contributed by atoms with van der Waals surface area (Å²) in [6.45, 7) is 19.2. The van der Waals surface area contributed by atoms with Crippen LogP contribution in [0.5, 0.6) is 0 Å². The lowest BCUT2D eigenvalue weighted by Crippen LogP contribution is -2.58. The van der Waals surface area contributed by atoms with E-state index in [0.29, 0.717) is 18.7 Å². The van der Waals surface area contributed by atoms with E-state index < -0.39 is 71.4 Å². The van der Waals surface area contributed by atoms with Gasteiger partial charge in [-0.1, -0.05) is 34.6 Å². The second-order valence-electron chi connectivity index (χ2n) is 15.2. The summed E-state index contributed by atoms with van der Waals surface area (Å²) < 4.78 is 30.1. The van der Waals surface area contributed by atoms with E-state index in [1.165, 1.54) is 14.0 Å². The van der Waals surface area contributed by atoms with Gasteiger partial charge in [0, 0.05) is 31.7 Å². The molecule has 0 spiro atoms. The number of hydrogen-bond acceptors (Lipinski definition) is 12. The van der Waals surface area contributed by atoms with Gasteiger partial charge < -0.3 is 49.0 Å². The van der Waals surface area contributed by atoms with Crippen LogP contribution in [-0.4, -0.2) is 132 Å². The van der Waals surface area contributed by atoms with Crippen molar-refractivity contribution < 1.29 is 48.9 Å². The lowest BCUT2D eigenvalue weighted by atomic mass is 9.70. The molecule has 0 aliphatic carbocycles. The number of aliphatic imine (C=N–C) groups is 1. The Morgan fingerprint density at radius 3 is 2.15 bits per heavy atom. The maximum atomic E-state index is 13.9. The van der Waals surface area contributed by atoms with Crippen LogP contribution in [0, 0.1) is 29.6 Å². The molecule has 0 aromatic rings. The van der Waals surface area contributed by atoms with Gasteiger partial charge in [0.25, 0.3) is 0 Å². The van der Waals surface area contributed by atoms with Crippen molar-refractivity contribution in [3.8, 4) is 0 Å². The van der Waals surface area contributed by atoms with E-state index >= 15 is 0 Å². The number of nitrogens with zero attached hydrogens (tertiary/aromatic N) is 2. The predicted molar refractivity (Wildman–Crippen MR) is 180 cm³/mol. The SMILES string of the molecule is CC[C@H]1OC(=O)[C@H](C)[C@@H](O[C@H]2C[C@@](C)(OC)[C@@H](O)[C@H](C)O2)[C@H](C)[C@@H](C)[C@](C)(O)C[C@@H](C)C(=NCOCCN(C)C)[C@H](C)[C@@H](O)[C@]1(C)O. The van der Waals surface area contributed by atoms with Crippen molar-refractivity contribution in [3.05, 3.63) is 0 Å². The highest BCUT2D eigenvalue weighted by Crippen LogP contribution is 2.40. The number of likely N-dealkylation sites (N-methyl/N-ethyl adjacent to an activating group) is 1. The van der Waals surface area contributed by atoms with E-state index in [2.05, 4.69) is 0 Å². The molecule has 12 heteroatoms. The van der Waals surface area contributed by atoms with Crippen LogP contribution in [0.2, 0.25) is 0 Å². The number of cyclic esters (lactones) is 1. The first-order valence-corrected chi connectivity index (χ1v) is 17.3. The lowest BCUT2D eigenvalue weighted by molar-refractivity contribution is -0.298. The zero-order valence-corrected chi connectivity index (χ0v) is 31.2. The van der Waals surface area contributed by atoms with Crippen LogP contribution in [-0.2, 0) is 28.5 Å². The van der Waals surface area contributed by atoms with Crippen LogP contribution in [0.1, 0.15) is 88.5 Å². The fourth-order valence-corrected chi connectivity index (χ4v) is 7.26. The fraction of sp³-hybridized carbons (Fsp3) is 0.943. The molecule has 0 aromatic carbocycles. The first kappa shape index (κ1) is 41.9. The Kier molecular flexibility index (Phi) is 15.3. The van der Waals surface area contributed by atoms with Gasteiger partial charge in [0.15, 0.2) is 6.29 Å². The third-order valence-electron chi connectivity index (χ3n) is 11.0. The predicted octanol–water partition coefficient (Wildman–Crippen LogP) is 3.02. The molecule has 2 aliphatic rings. The highest BCUT2D eigenvalue weighted by molar-refractivity contribution is 5.89. The van der Waals surface area contributed by atoms with Crippen LogP contribution < -0.4 is 0 Å². The highest BCUT2D eigenvalue weighted by atomic mass is 16.7. The summed E-state index contributed by atoms with van der Waals surface area (Å²) >= 11 is 0. The maximum Gasteiger partial charge on any atom is 0.311 e. The quantitative estimate of drug-likeness (QED) is 0.210. The van der Waals surface area contributed by atoms with Crippen LogP contribution in [0.3, 0.4) is 0 Å². The Bertz CT molecular complexity index is 1020. The van der Waals surface area contributed by atoms with E-state index in [-0.39, 0.29) is 37.3 Å². The summed E-state index contributed by atoms with van der Waals surface area (Å²) in [4.78, 5) is 20.6. The molecule has 0 amide bonds. The summed E-state index contributed by atoms with van der Waals surface area (Å²) in [5.74, 6) is -3.13. The molecule has 2 saturated heterocycles. The third-order valence-corrected chi connectivity index (χ3v) is 11.0. The molecule has 12 nitrogen and oxygen atoms in total. The molecular formula is C35H66N2O10. The third kappa shape index (κ3) is 10.2. The minimum atomic E-state index is -1.82. The molecule has 2 heterocycles. The smallest absolute Gasteiger partial charge is 0.311 e. The summed E-state index contributed by atoms with van der Waals surface area (Å²) in [5.41, 5.74) is -3.41. The minimum Gasteiger partial charge on any atom is -0.459 e. The zero-order valence-electron chi connectivity index (χ0n) is 31.2. The average molecular weight is 675 g/mol. The second kappa shape index (κ2) is 17.1. The van der Waals surface area contributed by atoms with E-state index in [9.17, 15) is 25.2 Å². The van der Waals surface area contributed by atoms with Gasteiger partial charge >= 0.3 is 5.97 Å². The van der Waals surface area contributed by atoms with Gasteiger partial charge in [-0.2, -0.15) is 0 Å². The van der Waals surface area contributed by atoms with Gasteiger partial charge in [-0.05, 0) is 79.3 Å². The molecule has 276 valence electrons. The Labute approximate surface area is 283 Å². The molecule has 2 rings (SSSR count). The van der Waals surface area contributed by atoms with Gasteiger partial charge in [0.1, 0.15) is 24.5 Å². The van der Waals surface area contributed by atoms with Crippen molar-refractivity contribution in [2.45, 2.75) is 142 Å². The van der Waals surface area contributed by atoms with Crippen molar-refractivity contribution in [1.29, 1.82) is 0 Å². The van der Waals surface area contributed by atoms with Crippen LogP contribution in [0.15, 0.2) is 4.99 Å². The standard InChI is InChI=1S/C35H66N2O10/c1-14-26-35(10,42)30(38)22(4)28(36-19-44-16-15-37(11)12)20(2)17-33(8,41)24(6)21(3)29(23(5)32(40)46-26)47-27-18-34(9,43-13)31(39)25(7)45-27/h20-27,29-31,38-39,41-42H,14-19H2,1-13H3/t20-,21-,22+,23-,24-,25+,26-,27+,29+,30-,31+,33-,34-,35-/m1/s1. The Balaban J connectivity index is 2.57. The van der Waals surface area contributed by atoms with Crippen molar-refractivity contribution in [1.82, 2.24) is 4.90 Å². The number of carbonyl (C=O) groups excluding carboxylic acids is 1. The number of carbonyl (C=O) groups is 1. The molecule has 0 aromatic heterocycles. The topological polar surface area (TPSA) is 160 Å². The Hall–Kier alpha value is -1.22. The van der Waals surface area contributed by atoms with Crippen molar-refractivity contribution in [2.75, 3.05) is 41.1 Å². The van der Waals surface area contributed by atoms with Gasteiger partial charge in [-0.15, -0.1) is 0 Å². The van der Waals surface area contributed by atoms with E-state index in [1.807, 2.05) is 39.8 Å². The molecule has 0 saturated carbocycles. The number of esters is 1. The number of hydrogen-bond donors (Lipinski definition) is 4. The number of aliphatic hydroxyl groups is 4. The number of methoxy groups -OCH3 is 1. The first-order chi connectivity index (χ1) is 21.6. The molecule has 4 N–H and O–H groups in total. The van der Waals surface area contributed by atoms with E-state index in [1.54, 1.807) is 41.5 Å². The van der Waals surface area contributed by atoms with Gasteiger partial charge in [0.05, 0.1) is 42.0 Å². The molecule has 0 radical (unpaired) electrons. The molecule has 47 heavy (non-hydrogen) atoms. The number of ether oxygens (including phenoxy) is 5. The molecule has 2 aliphatic heterocycles. The number of rotatable bonds is 9. The van der Waals surface area contributed by atoms with Gasteiger partial charge in [-0.25, -0.2) is 0 Å². The maximum absolute atomic E-state index is 13.9. The van der Waals surface area contributed by atoms with Gasteiger partial charge in [-0.3, -0.25) is 9.79 Å². The fourth-order valence-electron chi connectivity index (χ4n) is 7.26. The molecule has 2 fully saturated rings. The largest absolute Gasteiger partial charge is 0.459 e. The van der Waals surface area contributed by atoms with Crippen LogP contribution >= 0.6 is 0 Å². The molecule has 14 atom stereocenters. The number of aliphatic hydroxyl groups excluding tert-OH is 2. The van der Waals surface area contributed by atoms with Gasteiger partial charge in [0.2, 0.25) is 0 Å². The second-order valence-corrected chi connectivity index (χ2v) is 15.2. The Morgan fingerprint density at radius 1 is 0.979 bits per heavy atom. The van der Waals surface area contributed by atoms with Crippen LogP contribution in [0.25, 0.3) is 0 Å². The van der Waals surface area contributed by atoms with Crippen molar-refractivity contribution in [2.24, 2.45) is 34.6 Å². The molecule has 0 unspecified atom stereocenters. The Morgan fingerprint density at radius 2 is 1.60 bits per heavy atom. The minimum absolute atomic E-state index is 0.0648. The van der Waals surface area contributed by atoms with E-state index in [0.717, 1.165) is 6.54 Å². The lowest BCUT2D eigenvalue weighted by Gasteiger charge is -2.47. The van der Waals surface area contributed by atoms with Crippen molar-refractivity contribution >= 4 is 11.7 Å². The average Bonchev–Trinajstić information content (AvgIpc) is 2.99. The summed E-state index contributed by atoms with van der Waals surface area (Å²) in [6, 6.07) is 0. The summed E-state index contributed by atoms with van der Waals surface area (Å²) in [5, 5.41) is 46.2.